The van der Waals surface area contributed by atoms with E-state index in [1.807, 2.05) is 24.0 Å². The summed E-state index contributed by atoms with van der Waals surface area (Å²) in [6.45, 7) is 4.89. The molecule has 0 unspecified atom stereocenters. The third-order valence-electron chi connectivity index (χ3n) is 10.0. The number of imidazole rings is 1. The van der Waals surface area contributed by atoms with Gasteiger partial charge in [0.05, 0.1) is 5.60 Å². The Morgan fingerprint density at radius 3 is 2.72 bits per heavy atom. The lowest BCUT2D eigenvalue weighted by Gasteiger charge is -2.61. The molecule has 4 saturated carbocycles. The average molecular weight is 417 g/mol. The molecule has 1 heterocycles. The third-order valence-corrected chi connectivity index (χ3v) is 11.3. The van der Waals surface area contributed by atoms with Crippen LogP contribution in [0.1, 0.15) is 71.6 Å². The zero-order valence-electron chi connectivity index (χ0n) is 18.2. The van der Waals surface area contributed by atoms with Gasteiger partial charge in [-0.3, -0.25) is 4.79 Å². The lowest BCUT2D eigenvalue weighted by Crippen LogP contribution is -2.57. The Bertz CT molecular complexity index is 809. The predicted molar refractivity (Wildman–Crippen MR) is 116 cm³/mol. The van der Waals surface area contributed by atoms with Crippen LogP contribution in [0, 0.1) is 34.5 Å². The maximum Gasteiger partial charge on any atom is 0.167 e. The fourth-order valence-corrected chi connectivity index (χ4v) is 9.31. The number of aryl methyl sites for hydroxylation is 1. The zero-order chi connectivity index (χ0) is 20.4. The van der Waals surface area contributed by atoms with E-state index in [1.54, 1.807) is 11.8 Å². The van der Waals surface area contributed by atoms with E-state index in [9.17, 15) is 9.90 Å². The second-order valence-electron chi connectivity index (χ2n) is 11.0. The Morgan fingerprint density at radius 2 is 1.97 bits per heavy atom. The highest BCUT2D eigenvalue weighted by Gasteiger charge is 2.64. The molecular weight excluding hydrogens is 380 g/mol. The first-order chi connectivity index (χ1) is 13.8. The second-order valence-corrected chi connectivity index (χ2v) is 12.0. The minimum Gasteiger partial charge on any atom is -0.388 e. The number of thioether (sulfide) groups is 1. The lowest BCUT2D eigenvalue weighted by atomic mass is 9.44. The second kappa shape index (κ2) is 6.85. The van der Waals surface area contributed by atoms with Gasteiger partial charge in [0, 0.05) is 43.5 Å². The Balaban J connectivity index is 1.36. The molecule has 4 nitrogen and oxygen atoms in total. The normalized spacial score (nSPS) is 46.8. The van der Waals surface area contributed by atoms with Crippen LogP contribution in [0.25, 0.3) is 0 Å². The van der Waals surface area contributed by atoms with Gasteiger partial charge in [0.1, 0.15) is 5.78 Å². The molecule has 0 radical (unpaired) electrons. The van der Waals surface area contributed by atoms with Gasteiger partial charge in [0.25, 0.3) is 0 Å². The highest BCUT2D eigenvalue weighted by Crippen LogP contribution is 2.68. The molecule has 0 bridgehead atoms. The summed E-state index contributed by atoms with van der Waals surface area (Å²) in [5, 5.41) is 12.9. The van der Waals surface area contributed by atoms with Crippen LogP contribution in [-0.2, 0) is 11.8 Å². The molecule has 4 fully saturated rings. The summed E-state index contributed by atoms with van der Waals surface area (Å²) in [4.78, 5) is 16.5. The number of carbonyl (C=O) groups is 1. The molecule has 0 saturated heterocycles. The van der Waals surface area contributed by atoms with Gasteiger partial charge in [-0.1, -0.05) is 25.6 Å². The van der Waals surface area contributed by atoms with Crippen molar-refractivity contribution in [2.75, 3.05) is 5.75 Å². The first-order valence-electron chi connectivity index (χ1n) is 11.6. The quantitative estimate of drug-likeness (QED) is 0.715. The predicted octanol–water partition coefficient (Wildman–Crippen LogP) is 4.86. The van der Waals surface area contributed by atoms with E-state index in [0.29, 0.717) is 23.0 Å². The third kappa shape index (κ3) is 2.90. The van der Waals surface area contributed by atoms with E-state index >= 15 is 0 Å². The van der Waals surface area contributed by atoms with Gasteiger partial charge >= 0.3 is 0 Å². The molecule has 1 N–H and O–H groups in total. The van der Waals surface area contributed by atoms with Crippen molar-refractivity contribution in [3.05, 3.63) is 12.4 Å². The molecule has 4 aliphatic carbocycles. The van der Waals surface area contributed by atoms with Crippen LogP contribution in [0.4, 0.5) is 0 Å². The Labute approximate surface area is 179 Å². The van der Waals surface area contributed by atoms with E-state index in [0.717, 1.165) is 61.3 Å². The number of carbonyl (C=O) groups excluding carboxylic acids is 1. The number of rotatable bonds is 3. The van der Waals surface area contributed by atoms with Crippen molar-refractivity contribution in [1.82, 2.24) is 9.55 Å². The van der Waals surface area contributed by atoms with Gasteiger partial charge in [-0.25, -0.2) is 4.98 Å². The SMILES string of the molecule is Cn1ccnc1SC[C@]1(O)CC[C@@H]2[C@@H]3CC[C@@H]4CC(=O)CC[C@]4(C)[C@H]3CC[C@@]21C. The Morgan fingerprint density at radius 1 is 1.17 bits per heavy atom. The van der Waals surface area contributed by atoms with Crippen molar-refractivity contribution in [1.29, 1.82) is 0 Å². The lowest BCUT2D eigenvalue weighted by molar-refractivity contribution is -0.152. The summed E-state index contributed by atoms with van der Waals surface area (Å²) in [5.41, 5.74) is -0.236. The number of nitrogens with zero attached hydrogens (tertiary/aromatic N) is 2. The van der Waals surface area contributed by atoms with Crippen LogP contribution in [0.15, 0.2) is 17.6 Å². The number of aliphatic hydroxyl groups is 1. The fourth-order valence-electron chi connectivity index (χ4n) is 8.07. The van der Waals surface area contributed by atoms with Crippen LogP contribution in [0.2, 0.25) is 0 Å². The molecule has 0 aliphatic heterocycles. The number of Topliss-reactive ketones (excluding diaryl/α,β-unsaturated/α-hetero) is 1. The summed E-state index contributed by atoms with van der Waals surface area (Å²) in [6.07, 6.45) is 13.5. The standard InChI is InChI=1S/C24H36N2O2S/c1-22-9-6-17(27)14-16(22)4-5-18-19(22)7-10-23(2)20(18)8-11-24(23,28)15-29-21-25-12-13-26(21)3/h12-13,16,18-20,28H,4-11,14-15H2,1-3H3/t16-,18-,19+,20-,22+,23+,24-/m1/s1. The molecule has 0 aromatic carbocycles. The number of hydrogen-bond acceptors (Lipinski definition) is 4. The number of aromatic nitrogens is 2. The topological polar surface area (TPSA) is 55.1 Å². The summed E-state index contributed by atoms with van der Waals surface area (Å²) in [6, 6.07) is 0. The van der Waals surface area contributed by atoms with E-state index in [1.165, 1.54) is 19.3 Å². The van der Waals surface area contributed by atoms with E-state index in [2.05, 4.69) is 18.8 Å². The van der Waals surface area contributed by atoms with Gasteiger partial charge in [-0.2, -0.15) is 0 Å². The summed E-state index contributed by atoms with van der Waals surface area (Å²) >= 11 is 1.72. The fraction of sp³-hybridized carbons (Fsp3) is 0.833. The van der Waals surface area contributed by atoms with E-state index in [-0.39, 0.29) is 5.41 Å². The summed E-state index contributed by atoms with van der Waals surface area (Å²) in [7, 11) is 2.03. The van der Waals surface area contributed by atoms with E-state index < -0.39 is 5.60 Å². The van der Waals surface area contributed by atoms with Crippen molar-refractivity contribution in [2.24, 2.45) is 41.5 Å². The molecule has 4 aliphatic rings. The first-order valence-corrected chi connectivity index (χ1v) is 12.6. The van der Waals surface area contributed by atoms with Crippen LogP contribution in [0.3, 0.4) is 0 Å². The molecule has 5 heteroatoms. The number of hydrogen-bond donors (Lipinski definition) is 1. The van der Waals surface area contributed by atoms with Crippen molar-refractivity contribution in [3.8, 4) is 0 Å². The highest BCUT2D eigenvalue weighted by atomic mass is 32.2. The Kier molecular flexibility index (Phi) is 4.75. The molecule has 160 valence electrons. The largest absolute Gasteiger partial charge is 0.388 e. The van der Waals surface area contributed by atoms with Gasteiger partial charge in [0.15, 0.2) is 5.16 Å². The minimum absolute atomic E-state index is 0.0139. The van der Waals surface area contributed by atoms with Crippen molar-refractivity contribution >= 4 is 17.5 Å². The van der Waals surface area contributed by atoms with Crippen LogP contribution >= 0.6 is 11.8 Å². The van der Waals surface area contributed by atoms with Gasteiger partial charge in [-0.05, 0) is 74.0 Å². The molecular formula is C24H36N2O2S. The molecule has 1 aromatic heterocycles. The maximum absolute atomic E-state index is 12.1. The summed E-state index contributed by atoms with van der Waals surface area (Å²) < 4.78 is 2.05. The van der Waals surface area contributed by atoms with Crippen LogP contribution in [-0.4, -0.2) is 31.8 Å². The molecule has 29 heavy (non-hydrogen) atoms. The average Bonchev–Trinajstić information content (AvgIpc) is 3.22. The van der Waals surface area contributed by atoms with Crippen molar-refractivity contribution in [3.63, 3.8) is 0 Å². The summed E-state index contributed by atoms with van der Waals surface area (Å²) in [5.74, 6) is 3.95. The van der Waals surface area contributed by atoms with Gasteiger partial charge in [0.2, 0.25) is 0 Å². The highest BCUT2D eigenvalue weighted by molar-refractivity contribution is 7.99. The Hall–Kier alpha value is -0.810. The van der Waals surface area contributed by atoms with Gasteiger partial charge < -0.3 is 9.67 Å². The number of fused-ring (bicyclic) bond motifs is 5. The molecule has 5 rings (SSSR count). The molecule has 1 aromatic rings. The maximum atomic E-state index is 12.1. The first kappa shape index (κ1) is 20.1. The van der Waals surface area contributed by atoms with Gasteiger partial charge in [-0.15, -0.1) is 0 Å². The molecule has 0 spiro atoms. The molecule has 7 atom stereocenters. The smallest absolute Gasteiger partial charge is 0.167 e. The van der Waals surface area contributed by atoms with Crippen molar-refractivity contribution < 1.29 is 9.90 Å². The minimum atomic E-state index is -0.598. The number of ketones is 1. The molecule has 0 amide bonds. The zero-order valence-corrected chi connectivity index (χ0v) is 19.0. The van der Waals surface area contributed by atoms with Crippen LogP contribution in [0.5, 0.6) is 0 Å². The van der Waals surface area contributed by atoms with Crippen molar-refractivity contribution in [2.45, 2.75) is 82.4 Å². The monoisotopic (exact) mass is 416 g/mol. The van der Waals surface area contributed by atoms with Crippen LogP contribution < -0.4 is 0 Å². The van der Waals surface area contributed by atoms with E-state index in [4.69, 9.17) is 0 Å².